The van der Waals surface area contributed by atoms with Crippen LogP contribution in [-0.2, 0) is 21.2 Å². The van der Waals surface area contributed by atoms with Crippen molar-refractivity contribution < 1.29 is 13.2 Å². The van der Waals surface area contributed by atoms with Gasteiger partial charge in [0.25, 0.3) is 0 Å². The van der Waals surface area contributed by atoms with Gasteiger partial charge in [-0.25, -0.2) is 8.42 Å². The maximum atomic E-state index is 12.6. The first-order valence-corrected chi connectivity index (χ1v) is 9.17. The van der Waals surface area contributed by atoms with Crippen LogP contribution in [-0.4, -0.2) is 14.7 Å². The molecule has 2 rings (SSSR count). The van der Waals surface area contributed by atoms with E-state index in [1.807, 2.05) is 38.1 Å². The van der Waals surface area contributed by atoms with Crippen LogP contribution in [0.3, 0.4) is 0 Å². The first-order valence-electron chi connectivity index (χ1n) is 7.69. The van der Waals surface area contributed by atoms with Crippen LogP contribution in [0.4, 0.5) is 0 Å². The second kappa shape index (κ2) is 7.55. The van der Waals surface area contributed by atoms with Crippen molar-refractivity contribution in [2.75, 3.05) is 0 Å². The number of nitrogens with one attached hydrogen (secondary N) is 1. The third kappa shape index (κ3) is 4.19. The quantitative estimate of drug-likeness (QED) is 0.619. The van der Waals surface area contributed by atoms with E-state index in [1.165, 1.54) is 0 Å². The second-order valence-electron chi connectivity index (χ2n) is 5.66. The number of hydrogen-bond donors (Lipinski definition) is 1. The summed E-state index contributed by atoms with van der Waals surface area (Å²) < 4.78 is 27.8. The van der Waals surface area contributed by atoms with Crippen molar-refractivity contribution in [2.45, 2.75) is 31.2 Å². The van der Waals surface area contributed by atoms with Crippen LogP contribution in [0.15, 0.2) is 65.6 Å². The molecular weight excluding hydrogens is 322 g/mol. The molecule has 4 nitrogen and oxygen atoms in total. The van der Waals surface area contributed by atoms with E-state index in [1.54, 1.807) is 24.3 Å². The van der Waals surface area contributed by atoms with Crippen molar-refractivity contribution in [3.8, 4) is 0 Å². The van der Waals surface area contributed by atoms with Crippen molar-refractivity contribution in [1.29, 1.82) is 0 Å². The SMILES string of the molecule is C=C(C=O)C(NS(=O)(=O)c1ccc(C)cc1)c1ccc(CC)cc1. The lowest BCUT2D eigenvalue weighted by atomic mass is 10.00. The normalized spacial score (nSPS) is 12.6. The van der Waals surface area contributed by atoms with E-state index in [9.17, 15) is 13.2 Å². The maximum absolute atomic E-state index is 12.6. The molecule has 0 saturated heterocycles. The van der Waals surface area contributed by atoms with E-state index >= 15 is 0 Å². The largest absolute Gasteiger partial charge is 0.298 e. The molecule has 126 valence electrons. The summed E-state index contributed by atoms with van der Waals surface area (Å²) >= 11 is 0. The highest BCUT2D eigenvalue weighted by Crippen LogP contribution is 2.23. The highest BCUT2D eigenvalue weighted by molar-refractivity contribution is 7.89. The summed E-state index contributed by atoms with van der Waals surface area (Å²) in [5.74, 6) is 0. The number of hydrogen-bond acceptors (Lipinski definition) is 3. The minimum Gasteiger partial charge on any atom is -0.298 e. The molecule has 2 aromatic rings. The summed E-state index contributed by atoms with van der Waals surface area (Å²) in [5.41, 5.74) is 2.95. The molecule has 0 heterocycles. The predicted octanol–water partition coefficient (Wildman–Crippen LogP) is 3.33. The van der Waals surface area contributed by atoms with Crippen LogP contribution in [0, 0.1) is 6.92 Å². The Bertz CT molecular complexity index is 822. The van der Waals surface area contributed by atoms with E-state index in [0.717, 1.165) is 17.5 Å². The van der Waals surface area contributed by atoms with Crippen LogP contribution >= 0.6 is 0 Å². The Kier molecular flexibility index (Phi) is 5.70. The third-order valence-electron chi connectivity index (χ3n) is 3.85. The lowest BCUT2D eigenvalue weighted by molar-refractivity contribution is -0.105. The van der Waals surface area contributed by atoms with E-state index in [2.05, 4.69) is 11.3 Å². The van der Waals surface area contributed by atoms with Crippen LogP contribution in [0.2, 0.25) is 0 Å². The molecule has 0 spiro atoms. The van der Waals surface area contributed by atoms with Gasteiger partial charge in [0.15, 0.2) is 0 Å². The number of benzene rings is 2. The van der Waals surface area contributed by atoms with Crippen LogP contribution in [0.5, 0.6) is 0 Å². The molecule has 0 aromatic heterocycles. The van der Waals surface area contributed by atoms with Crippen LogP contribution in [0.1, 0.15) is 29.7 Å². The summed E-state index contributed by atoms with van der Waals surface area (Å²) in [4.78, 5) is 11.3. The number of rotatable bonds is 7. The monoisotopic (exact) mass is 343 g/mol. The number of carbonyl (C=O) groups is 1. The summed E-state index contributed by atoms with van der Waals surface area (Å²) in [7, 11) is -3.76. The van der Waals surface area contributed by atoms with Gasteiger partial charge in [-0.2, -0.15) is 4.72 Å². The van der Waals surface area contributed by atoms with Crippen molar-refractivity contribution in [3.63, 3.8) is 0 Å². The molecule has 24 heavy (non-hydrogen) atoms. The molecule has 0 bridgehead atoms. The number of sulfonamides is 1. The Hall–Kier alpha value is -2.24. The van der Waals surface area contributed by atoms with Gasteiger partial charge in [0.05, 0.1) is 10.9 Å². The fourth-order valence-corrected chi connectivity index (χ4v) is 3.54. The van der Waals surface area contributed by atoms with E-state index in [-0.39, 0.29) is 10.5 Å². The molecule has 0 aliphatic heterocycles. The summed E-state index contributed by atoms with van der Waals surface area (Å²) in [6.07, 6.45) is 1.46. The zero-order chi connectivity index (χ0) is 17.7. The molecule has 0 fully saturated rings. The Balaban J connectivity index is 2.36. The smallest absolute Gasteiger partial charge is 0.241 e. The van der Waals surface area contributed by atoms with E-state index in [4.69, 9.17) is 0 Å². The molecule has 2 aromatic carbocycles. The van der Waals surface area contributed by atoms with Gasteiger partial charge >= 0.3 is 0 Å². The van der Waals surface area contributed by atoms with Crippen LogP contribution < -0.4 is 4.72 Å². The third-order valence-corrected chi connectivity index (χ3v) is 5.29. The first-order chi connectivity index (χ1) is 11.4. The highest BCUT2D eigenvalue weighted by Gasteiger charge is 2.23. The minimum absolute atomic E-state index is 0.155. The molecule has 0 radical (unpaired) electrons. The number of aldehydes is 1. The van der Waals surface area contributed by atoms with Gasteiger partial charge < -0.3 is 0 Å². The number of carbonyl (C=O) groups excluding carboxylic acids is 1. The Morgan fingerprint density at radius 1 is 1.12 bits per heavy atom. The average Bonchev–Trinajstić information content (AvgIpc) is 2.59. The molecule has 1 atom stereocenters. The van der Waals surface area contributed by atoms with Crippen molar-refractivity contribution in [2.24, 2.45) is 0 Å². The van der Waals surface area contributed by atoms with Gasteiger partial charge in [-0.05, 0) is 36.6 Å². The van der Waals surface area contributed by atoms with Gasteiger partial charge in [0.2, 0.25) is 10.0 Å². The predicted molar refractivity (Wildman–Crippen MR) is 95.3 cm³/mol. The zero-order valence-electron chi connectivity index (χ0n) is 13.8. The molecule has 1 N–H and O–H groups in total. The van der Waals surface area contributed by atoms with Crippen LogP contribution in [0.25, 0.3) is 0 Å². The topological polar surface area (TPSA) is 63.2 Å². The fraction of sp³-hybridized carbons (Fsp3) is 0.211. The Labute approximate surface area is 143 Å². The van der Waals surface area contributed by atoms with Crippen molar-refractivity contribution in [1.82, 2.24) is 4.72 Å². The lowest BCUT2D eigenvalue weighted by Crippen LogP contribution is -2.30. The average molecular weight is 343 g/mol. The summed E-state index contributed by atoms with van der Waals surface area (Å²) in [5, 5.41) is 0. The highest BCUT2D eigenvalue weighted by atomic mass is 32.2. The molecule has 5 heteroatoms. The lowest BCUT2D eigenvalue weighted by Gasteiger charge is -2.19. The number of aryl methyl sites for hydroxylation is 2. The second-order valence-corrected chi connectivity index (χ2v) is 7.37. The van der Waals surface area contributed by atoms with Gasteiger partial charge in [0.1, 0.15) is 6.29 Å². The zero-order valence-corrected chi connectivity index (χ0v) is 14.6. The summed E-state index contributed by atoms with van der Waals surface area (Å²) in [6, 6.07) is 13.2. The molecule has 0 saturated carbocycles. The van der Waals surface area contributed by atoms with E-state index in [0.29, 0.717) is 11.8 Å². The minimum atomic E-state index is -3.76. The summed E-state index contributed by atoms with van der Waals surface area (Å²) in [6.45, 7) is 7.61. The van der Waals surface area contributed by atoms with Gasteiger partial charge in [-0.3, -0.25) is 4.79 Å². The van der Waals surface area contributed by atoms with Crippen molar-refractivity contribution in [3.05, 3.63) is 77.4 Å². The molecule has 0 aliphatic carbocycles. The maximum Gasteiger partial charge on any atom is 0.241 e. The van der Waals surface area contributed by atoms with Gasteiger partial charge in [0, 0.05) is 5.57 Å². The molecule has 0 aliphatic rings. The first kappa shape index (κ1) is 18.1. The van der Waals surface area contributed by atoms with Crippen molar-refractivity contribution >= 4 is 16.3 Å². The van der Waals surface area contributed by atoms with E-state index < -0.39 is 16.1 Å². The Morgan fingerprint density at radius 2 is 1.71 bits per heavy atom. The standard InChI is InChI=1S/C19H21NO3S/c1-4-16-7-9-17(10-8-16)19(15(3)13-21)20-24(22,23)18-11-5-14(2)6-12-18/h5-13,19-20H,3-4H2,1-2H3. The molecule has 0 amide bonds. The van der Waals surface area contributed by atoms with Gasteiger partial charge in [-0.15, -0.1) is 0 Å². The Morgan fingerprint density at radius 3 is 2.21 bits per heavy atom. The fourth-order valence-electron chi connectivity index (χ4n) is 2.31. The van der Waals surface area contributed by atoms with Gasteiger partial charge in [-0.1, -0.05) is 55.5 Å². The molecule has 1 unspecified atom stereocenters. The molecular formula is C19H21NO3S.